The van der Waals surface area contributed by atoms with Crippen LogP contribution in [0.4, 0.5) is 24.9 Å². The number of anilines is 2. The predicted molar refractivity (Wildman–Crippen MR) is 134 cm³/mol. The van der Waals surface area contributed by atoms with E-state index in [2.05, 4.69) is 15.3 Å². The Morgan fingerprint density at radius 1 is 1.21 bits per heavy atom. The summed E-state index contributed by atoms with van der Waals surface area (Å²) in [5.74, 6) is -1.38. The van der Waals surface area contributed by atoms with Crippen LogP contribution in [0.2, 0.25) is 0 Å². The Balaban J connectivity index is 1.59. The van der Waals surface area contributed by atoms with E-state index in [9.17, 15) is 33.0 Å². The summed E-state index contributed by atoms with van der Waals surface area (Å²) in [5, 5.41) is 23.0. The van der Waals surface area contributed by atoms with Gasteiger partial charge in [0.25, 0.3) is 0 Å². The Hall–Kier alpha value is -4.03. The number of nitrogens with zero attached hydrogens (tertiary/aromatic N) is 5. The molecule has 3 N–H and O–H groups in total. The summed E-state index contributed by atoms with van der Waals surface area (Å²) in [5.41, 5.74) is 0.954. The lowest BCUT2D eigenvalue weighted by Gasteiger charge is -2.22. The molecule has 1 atom stereocenters. The number of imidazole rings is 1. The highest BCUT2D eigenvalue weighted by atomic mass is 19.4. The summed E-state index contributed by atoms with van der Waals surface area (Å²) in [6.45, 7) is 5.28. The highest BCUT2D eigenvalue weighted by Crippen LogP contribution is 2.28. The van der Waals surface area contributed by atoms with Gasteiger partial charge in [0.05, 0.1) is 17.8 Å². The van der Waals surface area contributed by atoms with Crippen molar-refractivity contribution in [3.05, 3.63) is 57.8 Å². The molecule has 0 amide bonds. The van der Waals surface area contributed by atoms with Crippen molar-refractivity contribution in [2.45, 2.75) is 58.3 Å². The number of aromatic nitrogens is 4. The maximum atomic E-state index is 13.2. The van der Waals surface area contributed by atoms with Crippen molar-refractivity contribution < 1.29 is 28.2 Å². The Kier molecular flexibility index (Phi) is 7.65. The first-order chi connectivity index (χ1) is 18.0. The number of aromatic hydroxyl groups is 1. The molecule has 0 bridgehead atoms. The van der Waals surface area contributed by atoms with Gasteiger partial charge in [-0.1, -0.05) is 12.1 Å². The zero-order chi connectivity index (χ0) is 27.6. The molecule has 10 nitrogen and oxygen atoms in total. The first-order valence-electron chi connectivity index (χ1n) is 12.3. The van der Waals surface area contributed by atoms with E-state index in [1.165, 1.54) is 9.13 Å². The lowest BCUT2D eigenvalue weighted by molar-refractivity contribution is -0.137. The molecule has 3 heterocycles. The Morgan fingerprint density at radius 3 is 2.47 bits per heavy atom. The minimum atomic E-state index is -4.53. The van der Waals surface area contributed by atoms with Crippen LogP contribution in [0.25, 0.3) is 5.69 Å². The molecule has 0 radical (unpaired) electrons. The maximum absolute atomic E-state index is 13.2. The number of carboxylic acids is 1. The summed E-state index contributed by atoms with van der Waals surface area (Å²) < 4.78 is 42.3. The van der Waals surface area contributed by atoms with Gasteiger partial charge in [0, 0.05) is 37.8 Å². The molecule has 2 aromatic heterocycles. The first kappa shape index (κ1) is 27.0. The number of halogens is 3. The summed E-state index contributed by atoms with van der Waals surface area (Å²) in [4.78, 5) is 34.8. The zero-order valence-corrected chi connectivity index (χ0v) is 21.0. The molecule has 1 aromatic carbocycles. The molecule has 1 aliphatic heterocycles. The third kappa shape index (κ3) is 5.60. The van der Waals surface area contributed by atoms with Gasteiger partial charge in [0.2, 0.25) is 11.8 Å². The summed E-state index contributed by atoms with van der Waals surface area (Å²) in [6, 6.07) is 5.10. The van der Waals surface area contributed by atoms with Gasteiger partial charge in [-0.15, -0.1) is 0 Å². The average molecular weight is 535 g/mol. The van der Waals surface area contributed by atoms with Crippen molar-refractivity contribution in [1.29, 1.82) is 0 Å². The fourth-order valence-corrected chi connectivity index (χ4v) is 4.60. The van der Waals surface area contributed by atoms with Crippen molar-refractivity contribution in [3.63, 3.8) is 0 Å². The SMILES string of the molecule is CCN(CC)c1ncc(CC(F)(F)F)c(N[C@@H](Cc2ccc(-n3c(O)c4n(c3=O)CCC4)cc2)C(=O)O)n1. The number of hydrogen-bond donors (Lipinski definition) is 3. The van der Waals surface area contributed by atoms with Crippen LogP contribution in [-0.2, 0) is 30.6 Å². The van der Waals surface area contributed by atoms with Crippen LogP contribution in [0.15, 0.2) is 35.3 Å². The molecule has 38 heavy (non-hydrogen) atoms. The van der Waals surface area contributed by atoms with Crippen LogP contribution in [-0.4, -0.2) is 60.6 Å². The molecule has 3 aromatic rings. The van der Waals surface area contributed by atoms with Gasteiger partial charge in [-0.3, -0.25) is 4.57 Å². The van der Waals surface area contributed by atoms with Gasteiger partial charge in [0.1, 0.15) is 11.9 Å². The molecule has 0 spiro atoms. The first-order valence-corrected chi connectivity index (χ1v) is 12.3. The van der Waals surface area contributed by atoms with E-state index in [0.29, 0.717) is 43.0 Å². The van der Waals surface area contributed by atoms with Crippen molar-refractivity contribution in [2.75, 3.05) is 23.3 Å². The van der Waals surface area contributed by atoms with Crippen molar-refractivity contribution in [2.24, 2.45) is 0 Å². The normalized spacial score (nSPS) is 13.8. The molecule has 204 valence electrons. The minimum Gasteiger partial charge on any atom is -0.493 e. The molecular formula is C25H29F3N6O4. The number of carboxylic acid groups (broad SMARTS) is 1. The van der Waals surface area contributed by atoms with Crippen LogP contribution < -0.4 is 15.9 Å². The van der Waals surface area contributed by atoms with E-state index in [0.717, 1.165) is 12.6 Å². The smallest absolute Gasteiger partial charge is 0.393 e. The topological polar surface area (TPSA) is 126 Å². The van der Waals surface area contributed by atoms with E-state index >= 15 is 0 Å². The number of alkyl halides is 3. The number of aliphatic carboxylic acids is 1. The van der Waals surface area contributed by atoms with Crippen molar-refractivity contribution in [1.82, 2.24) is 19.1 Å². The van der Waals surface area contributed by atoms with E-state index in [1.54, 1.807) is 29.2 Å². The third-order valence-corrected chi connectivity index (χ3v) is 6.55. The molecule has 0 unspecified atom stereocenters. The van der Waals surface area contributed by atoms with Crippen LogP contribution in [0, 0.1) is 0 Å². The third-order valence-electron chi connectivity index (χ3n) is 6.55. The highest BCUT2D eigenvalue weighted by molar-refractivity contribution is 5.77. The van der Waals surface area contributed by atoms with Gasteiger partial charge in [-0.2, -0.15) is 18.2 Å². The molecular weight excluding hydrogens is 505 g/mol. The minimum absolute atomic E-state index is 0.0706. The Morgan fingerprint density at radius 2 is 1.89 bits per heavy atom. The largest absolute Gasteiger partial charge is 0.493 e. The Bertz CT molecular complexity index is 1360. The zero-order valence-electron chi connectivity index (χ0n) is 21.0. The second-order valence-electron chi connectivity index (χ2n) is 9.06. The van der Waals surface area contributed by atoms with Crippen LogP contribution >= 0.6 is 0 Å². The van der Waals surface area contributed by atoms with Crippen molar-refractivity contribution >= 4 is 17.7 Å². The monoisotopic (exact) mass is 534 g/mol. The molecule has 13 heteroatoms. The average Bonchev–Trinajstić information content (AvgIpc) is 3.44. The van der Waals surface area contributed by atoms with Crippen molar-refractivity contribution in [3.8, 4) is 11.6 Å². The molecule has 0 fully saturated rings. The summed E-state index contributed by atoms with van der Waals surface area (Å²) >= 11 is 0. The number of nitrogens with one attached hydrogen (secondary N) is 1. The summed E-state index contributed by atoms with van der Waals surface area (Å²) in [6.07, 6.45) is -3.45. The number of fused-ring (bicyclic) bond motifs is 1. The lowest BCUT2D eigenvalue weighted by Crippen LogP contribution is -2.33. The van der Waals surface area contributed by atoms with E-state index in [1.807, 2.05) is 13.8 Å². The van der Waals surface area contributed by atoms with Crippen LogP contribution in [0.5, 0.6) is 5.88 Å². The second kappa shape index (κ2) is 10.8. The van der Waals surface area contributed by atoms with Gasteiger partial charge >= 0.3 is 17.8 Å². The van der Waals surface area contributed by atoms with Gasteiger partial charge in [-0.25, -0.2) is 19.1 Å². The molecule has 0 saturated heterocycles. The van der Waals surface area contributed by atoms with Gasteiger partial charge in [-0.05, 0) is 44.4 Å². The van der Waals surface area contributed by atoms with Gasteiger partial charge in [0.15, 0.2) is 0 Å². The predicted octanol–water partition coefficient (Wildman–Crippen LogP) is 3.14. The van der Waals surface area contributed by atoms with E-state index < -0.39 is 24.6 Å². The second-order valence-corrected chi connectivity index (χ2v) is 9.06. The molecule has 0 saturated carbocycles. The van der Waals surface area contributed by atoms with Crippen LogP contribution in [0.3, 0.4) is 0 Å². The number of hydrogen-bond acceptors (Lipinski definition) is 7. The molecule has 4 rings (SSSR count). The Labute approximate surface area is 216 Å². The maximum Gasteiger partial charge on any atom is 0.393 e. The summed E-state index contributed by atoms with van der Waals surface area (Å²) in [7, 11) is 0. The molecule has 1 aliphatic rings. The molecule has 0 aliphatic carbocycles. The number of benzene rings is 1. The van der Waals surface area contributed by atoms with Crippen LogP contribution in [0.1, 0.15) is 37.1 Å². The fraction of sp³-hybridized carbons (Fsp3) is 0.440. The lowest BCUT2D eigenvalue weighted by atomic mass is 10.0. The quantitative estimate of drug-likeness (QED) is 0.362. The van der Waals surface area contributed by atoms with Gasteiger partial charge < -0.3 is 20.4 Å². The number of carbonyl (C=O) groups is 1. The standard InChI is InChI=1S/C25H29F3N6O4/c1-3-32(4-2)23-29-14-16(13-25(26,27)28)20(31-23)30-18(22(36)37)12-15-7-9-17(10-8-15)34-21(35)19-6-5-11-33(19)24(34)38/h7-10,14,18,35H,3-6,11-13H2,1-2H3,(H,36,37)(H,29,30,31)/t18-/m0/s1. The van der Waals surface area contributed by atoms with E-state index in [-0.39, 0.29) is 35.3 Å². The highest BCUT2D eigenvalue weighted by Gasteiger charge is 2.31. The van der Waals surface area contributed by atoms with E-state index in [4.69, 9.17) is 0 Å². The fourth-order valence-electron chi connectivity index (χ4n) is 4.60. The number of rotatable bonds is 10.